The van der Waals surface area contributed by atoms with Crippen LogP contribution < -0.4 is 0 Å². The number of ketones is 1. The summed E-state index contributed by atoms with van der Waals surface area (Å²) in [6.45, 7) is 3.39. The molecular weight excluding hydrogens is 1510 g/mol. The third kappa shape index (κ3) is 16.0. The van der Waals surface area contributed by atoms with Crippen molar-refractivity contribution in [1.82, 2.24) is 24.8 Å². The van der Waals surface area contributed by atoms with Gasteiger partial charge in [-0.15, -0.1) is 0 Å². The highest BCUT2D eigenvalue weighted by molar-refractivity contribution is 8.25. The van der Waals surface area contributed by atoms with E-state index in [4.69, 9.17) is 131 Å². The SMILES string of the molecule is C.C.C.C[C@]12CC=C3C=C4CCC(=O)CC45CC[C@]3(O5)[C@@H]1CCC2c1ccc2ccncc2c1.[2H]C([2H])([2H])N(C)[C@@H]1CCC2=CC3=CC[C@]4(C)C(c5ccc6ccncc6c5)CC[C@H]4[C@@]34CCC2(C1)O4.[2H]C([2H])([2H])N(C)[C@H]1CCC2=CC3=CC[C@]4(C)C(c5ccc6ccncc6c5)CC[C@H]4[C@@]34CCC2(C1)O4.[B]B([B])B(B([B])[B])B(B([B])[B])B(B(B([B])[B])B([B])[B])B(B([B])[B])B([B])[B]. The van der Waals surface area contributed by atoms with E-state index in [0.717, 1.165) is 103 Å². The molecule has 3 saturated heterocycles. The van der Waals surface area contributed by atoms with Crippen LogP contribution in [0.4, 0.5) is 0 Å². The van der Waals surface area contributed by atoms with Gasteiger partial charge < -0.3 is 24.0 Å². The van der Waals surface area contributed by atoms with E-state index in [1.54, 1.807) is 23.9 Å². The van der Waals surface area contributed by atoms with Gasteiger partial charge in [-0.25, -0.2) is 0 Å². The van der Waals surface area contributed by atoms with Crippen molar-refractivity contribution in [3.8, 4) is 0 Å². The minimum atomic E-state index is -2.06. The molecule has 126 heavy (non-hydrogen) atoms. The summed E-state index contributed by atoms with van der Waals surface area (Å²) in [5.74, 6) is 3.41. The van der Waals surface area contributed by atoms with Gasteiger partial charge in [0.25, 0.3) is 0 Å². The number of hydrogen-bond acceptors (Lipinski definition) is 9. The van der Waals surface area contributed by atoms with E-state index in [1.807, 2.05) is 37.2 Å². The molecule has 6 unspecified atom stereocenters. The van der Waals surface area contributed by atoms with Crippen LogP contribution in [0.25, 0.3) is 32.3 Å². The molecule has 3 aromatic carbocycles. The van der Waals surface area contributed by atoms with E-state index >= 15 is 0 Å². The quantitative estimate of drug-likeness (QED) is 0.0879. The predicted molar refractivity (Wildman–Crippen MR) is 557 cm³/mol. The fourth-order valence-electron chi connectivity index (χ4n) is 29.1. The Balaban J connectivity index is 0.000000135. The van der Waals surface area contributed by atoms with Crippen molar-refractivity contribution in [3.63, 3.8) is 0 Å². The van der Waals surface area contributed by atoms with E-state index in [-0.39, 0.29) is 84.2 Å². The average molecular weight is 1630 g/mol. The fourth-order valence-corrected chi connectivity index (χ4v) is 29.1. The van der Waals surface area contributed by atoms with Gasteiger partial charge >= 0.3 is 0 Å². The summed E-state index contributed by atoms with van der Waals surface area (Å²) in [5.41, 5.74) is 11.8. The summed E-state index contributed by atoms with van der Waals surface area (Å²) in [5, 5.41) is 7.44. The summed E-state index contributed by atoms with van der Waals surface area (Å²) < 4.78 is 69.5. The highest BCUT2D eigenvalue weighted by Gasteiger charge is 2.71. The largest absolute Gasteiger partial charge is 0.359 e. The van der Waals surface area contributed by atoms with Crippen molar-refractivity contribution in [1.29, 1.82) is 0 Å². The fraction of sp³-hybridized carbons (Fsp3) is 0.560. The summed E-state index contributed by atoms with van der Waals surface area (Å²) in [4.78, 5) is 28.7. The zero-order valence-corrected chi connectivity index (χ0v) is 72.8. The van der Waals surface area contributed by atoms with Crippen molar-refractivity contribution >= 4 is 223 Å². The van der Waals surface area contributed by atoms with Gasteiger partial charge in [-0.05, 0) is 324 Å². The maximum atomic E-state index is 12.4. The molecule has 35 heteroatoms. The minimum absolute atomic E-state index is 0. The number of fused-ring (bicyclic) bond motifs is 6. The molecule has 6 saturated carbocycles. The second kappa shape index (κ2) is 36.4. The van der Waals surface area contributed by atoms with Crippen LogP contribution in [0, 0.1) is 34.0 Å². The van der Waals surface area contributed by atoms with E-state index in [1.165, 1.54) is 121 Å². The molecule has 9 fully saturated rings. The third-order valence-corrected chi connectivity index (χ3v) is 35.0. The van der Waals surface area contributed by atoms with Crippen molar-refractivity contribution < 1.29 is 27.2 Å². The number of carbonyl (C=O) groups excluding carboxylic acids is 1. The number of benzene rings is 3. The number of allylic oxidation sites excluding steroid dienone is 3. The number of rotatable bonds is 16. The van der Waals surface area contributed by atoms with Crippen LogP contribution in [-0.2, 0) is 19.0 Å². The smallest absolute Gasteiger partial charge is 0.136 e. The lowest BCUT2D eigenvalue weighted by atomic mass is 8.34. The Labute approximate surface area is 788 Å². The maximum absolute atomic E-state index is 12.4. The van der Waals surface area contributed by atoms with Crippen molar-refractivity contribution in [2.75, 3.05) is 28.0 Å². The van der Waals surface area contributed by atoms with Crippen LogP contribution in [0.1, 0.15) is 240 Å². The Morgan fingerprint density at radius 1 is 0.381 bits per heavy atom. The molecule has 9 heterocycles. The zero-order valence-electron chi connectivity index (χ0n) is 78.8. The number of nitrogens with zero attached hydrogens (tertiary/aromatic N) is 5. The normalized spacial score (nSPS) is 34.5. The standard InChI is InChI=1S/2C30H36N2O.C28H29NO2.3CH4.B26/c2*1-28-12-10-24-17-23-6-7-25(32(2)3)18-29(23)13-14-30(24,33-29)27(28)9-8-26(28)21-5-4-20-11-15-31-19-22(20)16-21;1-26-10-8-22-15-21-4-5-23(30)16-27(21)11-12-28(22,31-27)25(26)7-6-24(26)19-3-2-18-9-13-29-17-20(18)14-19;;;;1-15(2)22(16(3)4)25(21(13)14)26(23(17(5)6)18(7)8)24(19(9)10)20(11)12/h2*4-5,10-11,15-17,19,25-27H,6-9,12-14,18H2,1-3H3;2-3,8-9,13-15,17,24-25H,4-7,10-12,16H2,1H3;3*1H4;/t25-,26?,27+,28+,29?,30+;25-,26?,27-,28-,29?,30-;24?,25-,26-,27?,28-;;;;/m011..../s1/i2*2D3;;;;;. The second-order valence-electron chi connectivity index (χ2n) is 41.2. The van der Waals surface area contributed by atoms with E-state index in [2.05, 4.69) is 145 Å². The molecule has 28 radical (unpaired) electrons. The molecule has 21 rings (SSSR count). The summed E-state index contributed by atoms with van der Waals surface area (Å²) >= 11 is 0. The average Bonchev–Trinajstić information content (AvgIpc) is 1.53. The van der Waals surface area contributed by atoms with E-state index in [0.29, 0.717) is 54.1 Å². The lowest BCUT2D eigenvalue weighted by Crippen LogP contribution is -2.86. The first-order valence-electron chi connectivity index (χ1n) is 49.0. The Hall–Kier alpha value is -4.51. The first kappa shape index (κ1) is 88.1. The first-order valence-corrected chi connectivity index (χ1v) is 46.0. The van der Waals surface area contributed by atoms with Crippen LogP contribution in [0.2, 0.25) is 0 Å². The molecule has 17 atom stereocenters. The van der Waals surface area contributed by atoms with Crippen LogP contribution in [-0.4, -0.2) is 289 Å². The first-order chi connectivity index (χ1) is 61.1. The number of carbonyl (C=O) groups is 1. The van der Waals surface area contributed by atoms with Crippen molar-refractivity contribution in [2.24, 2.45) is 34.0 Å². The predicted octanol–water partition coefficient (Wildman–Crippen LogP) is 10.9. The Bertz CT molecular complexity index is 5270. The minimum Gasteiger partial charge on any atom is -0.359 e. The Morgan fingerprint density at radius 2 is 0.698 bits per heavy atom. The van der Waals surface area contributed by atoms with Gasteiger partial charge in [0.1, 0.15) is 5.78 Å². The molecule has 6 spiro atoms. The number of Topliss-reactive ketones (excluding diaryl/α,β-unsaturated/α-hetero) is 1. The van der Waals surface area contributed by atoms with Crippen LogP contribution >= 0.6 is 0 Å². The summed E-state index contributed by atoms with van der Waals surface area (Å²) in [6.07, 6.45) is 39.7. The van der Waals surface area contributed by atoms with Crippen molar-refractivity contribution in [3.05, 3.63) is 197 Å². The number of ether oxygens (including phenoxy) is 3. The molecule has 6 aromatic rings. The molecule has 604 valence electrons. The van der Waals surface area contributed by atoms with Gasteiger partial charge in [-0.1, -0.05) is 116 Å². The van der Waals surface area contributed by atoms with E-state index in [9.17, 15) is 4.79 Å². The zero-order chi connectivity index (χ0) is 91.6. The van der Waals surface area contributed by atoms with Gasteiger partial charge in [0.15, 0.2) is 0 Å². The molecule has 15 aliphatic rings. The molecule has 6 aliphatic heterocycles. The summed E-state index contributed by atoms with van der Waals surface area (Å²) in [7, 11) is 86.4. The Kier molecular flexibility index (Phi) is 25.4. The van der Waals surface area contributed by atoms with Crippen LogP contribution in [0.3, 0.4) is 0 Å². The number of aromatic nitrogens is 3. The molecule has 9 aliphatic carbocycles. The lowest BCUT2D eigenvalue weighted by Gasteiger charge is -2.54. The monoisotopic (exact) mass is 1630 g/mol. The molecule has 0 amide bonds. The second-order valence-corrected chi connectivity index (χ2v) is 41.2. The van der Waals surface area contributed by atoms with Gasteiger partial charge in [0.2, 0.25) is 0 Å². The molecule has 9 nitrogen and oxygen atoms in total. The summed E-state index contributed by atoms with van der Waals surface area (Å²) in [6, 6.07) is 27.2. The van der Waals surface area contributed by atoms with Gasteiger partial charge in [0.05, 0.1) is 33.6 Å². The highest BCUT2D eigenvalue weighted by atomic mass is 16.5. The molecule has 0 N–H and O–H groups in total. The van der Waals surface area contributed by atoms with Gasteiger partial charge in [-0.3, -0.25) is 19.7 Å². The molecule has 3 aromatic heterocycles. The van der Waals surface area contributed by atoms with Crippen molar-refractivity contribution in [2.45, 2.75) is 261 Å². The van der Waals surface area contributed by atoms with Crippen LogP contribution in [0.5, 0.6) is 0 Å². The number of hydrogen-bond donors (Lipinski definition) is 0. The molecule has 6 bridgehead atoms. The molecular formula is C91H113B26N5O4. The Morgan fingerprint density at radius 3 is 1.03 bits per heavy atom. The maximum Gasteiger partial charge on any atom is 0.136 e. The van der Waals surface area contributed by atoms with Crippen LogP contribution in [0.15, 0.2) is 180 Å². The number of pyridine rings is 3. The van der Waals surface area contributed by atoms with Gasteiger partial charge in [0, 0.05) is 271 Å². The lowest BCUT2D eigenvalue weighted by molar-refractivity contribution is -0.146. The highest BCUT2D eigenvalue weighted by Crippen LogP contribution is 2.73. The topological polar surface area (TPSA) is 89.9 Å². The van der Waals surface area contributed by atoms with E-state index < -0.39 is 90.6 Å². The van der Waals surface area contributed by atoms with Gasteiger partial charge in [-0.2, -0.15) is 0 Å². The third-order valence-electron chi connectivity index (χ3n) is 35.0.